The molecule has 0 spiro atoms. The summed E-state index contributed by atoms with van der Waals surface area (Å²) < 4.78 is 0. The van der Waals surface area contributed by atoms with Crippen LogP contribution in [-0.4, -0.2) is 43.8 Å². The van der Waals surface area contributed by atoms with Gasteiger partial charge in [-0.05, 0) is 53.2 Å². The number of nitrogens with zero attached hydrogens (tertiary/aromatic N) is 5. The summed E-state index contributed by atoms with van der Waals surface area (Å²) in [4.78, 5) is 33.9. The topological polar surface area (TPSA) is 83.9 Å². The summed E-state index contributed by atoms with van der Waals surface area (Å²) in [5.41, 5.74) is 5.30. The minimum Gasteiger partial charge on any atom is -0.338 e. The van der Waals surface area contributed by atoms with Gasteiger partial charge in [-0.3, -0.25) is 9.78 Å². The molecular formula is C22H26N6OS. The molecular weight excluding hydrogens is 396 g/mol. The lowest BCUT2D eigenvalue weighted by atomic mass is 10.0. The monoisotopic (exact) mass is 422 g/mol. The summed E-state index contributed by atoms with van der Waals surface area (Å²) in [7, 11) is 0. The number of carbonyl (C=O) groups is 1. The number of amides is 1. The number of hydrogen-bond donors (Lipinski definition) is 1. The number of aryl methyl sites for hydroxylation is 5. The van der Waals surface area contributed by atoms with Gasteiger partial charge in [0.1, 0.15) is 5.82 Å². The quantitative estimate of drug-likeness (QED) is 0.677. The Morgan fingerprint density at radius 3 is 2.60 bits per heavy atom. The number of anilines is 2. The van der Waals surface area contributed by atoms with Crippen LogP contribution in [0.2, 0.25) is 0 Å². The maximum absolute atomic E-state index is 13.0. The molecule has 0 aromatic carbocycles. The maximum atomic E-state index is 13.0. The van der Waals surface area contributed by atoms with Gasteiger partial charge < -0.3 is 10.2 Å². The largest absolute Gasteiger partial charge is 0.338 e. The zero-order valence-corrected chi connectivity index (χ0v) is 18.8. The molecule has 3 aromatic heterocycles. The number of aromatic nitrogens is 4. The predicted molar refractivity (Wildman–Crippen MR) is 119 cm³/mol. The van der Waals surface area contributed by atoms with Crippen molar-refractivity contribution in [1.82, 2.24) is 24.8 Å². The Balaban J connectivity index is 1.51. The summed E-state index contributed by atoms with van der Waals surface area (Å²) in [6, 6.07) is 4.11. The molecule has 1 aliphatic rings. The van der Waals surface area contributed by atoms with Crippen molar-refractivity contribution < 1.29 is 4.79 Å². The summed E-state index contributed by atoms with van der Waals surface area (Å²) in [5.74, 6) is 0.883. The van der Waals surface area contributed by atoms with Crippen molar-refractivity contribution in [3.8, 4) is 0 Å². The van der Waals surface area contributed by atoms with Crippen LogP contribution in [0.3, 0.4) is 0 Å². The third-order valence-electron chi connectivity index (χ3n) is 5.48. The molecule has 1 fully saturated rings. The Bertz CT molecular complexity index is 1090. The molecule has 0 saturated carbocycles. The minimum absolute atomic E-state index is 0.00487. The molecule has 1 atom stereocenters. The SMILES string of the molecule is Cc1cc(Nc2nc(C)c(C)s2)cc([C@H]2CCN(C(=O)c3cnc(C)nc3C)C2)n1. The van der Waals surface area contributed by atoms with E-state index in [9.17, 15) is 4.79 Å². The Kier molecular flexibility index (Phi) is 5.51. The molecule has 1 N–H and O–H groups in total. The summed E-state index contributed by atoms with van der Waals surface area (Å²) >= 11 is 1.65. The van der Waals surface area contributed by atoms with Crippen LogP contribution in [0.5, 0.6) is 0 Å². The van der Waals surface area contributed by atoms with Crippen molar-refractivity contribution >= 4 is 28.1 Å². The van der Waals surface area contributed by atoms with Crippen molar-refractivity contribution in [2.75, 3.05) is 18.4 Å². The molecule has 156 valence electrons. The first-order valence-electron chi connectivity index (χ1n) is 10.1. The van der Waals surface area contributed by atoms with Crippen LogP contribution in [-0.2, 0) is 0 Å². The van der Waals surface area contributed by atoms with Gasteiger partial charge in [-0.1, -0.05) is 0 Å². The fourth-order valence-corrected chi connectivity index (χ4v) is 4.61. The number of likely N-dealkylation sites (tertiary alicyclic amines) is 1. The van der Waals surface area contributed by atoms with Crippen molar-refractivity contribution in [1.29, 1.82) is 0 Å². The Morgan fingerprint density at radius 2 is 1.90 bits per heavy atom. The van der Waals surface area contributed by atoms with Crippen molar-refractivity contribution in [2.24, 2.45) is 0 Å². The number of thiazole rings is 1. The molecule has 4 heterocycles. The van der Waals surface area contributed by atoms with Crippen molar-refractivity contribution in [3.05, 3.63) is 57.4 Å². The van der Waals surface area contributed by atoms with Crippen LogP contribution in [0, 0.1) is 34.6 Å². The molecule has 7 nitrogen and oxygen atoms in total. The lowest BCUT2D eigenvalue weighted by Gasteiger charge is -2.18. The average molecular weight is 423 g/mol. The lowest BCUT2D eigenvalue weighted by Crippen LogP contribution is -2.29. The highest BCUT2D eigenvalue weighted by molar-refractivity contribution is 7.15. The molecule has 0 bridgehead atoms. The van der Waals surface area contributed by atoms with Gasteiger partial charge in [0.05, 0.1) is 17.0 Å². The molecule has 0 radical (unpaired) electrons. The number of rotatable bonds is 4. The van der Waals surface area contributed by atoms with E-state index in [1.165, 1.54) is 4.88 Å². The lowest BCUT2D eigenvalue weighted by molar-refractivity contribution is 0.0789. The molecule has 0 unspecified atom stereocenters. The van der Waals surface area contributed by atoms with E-state index in [1.807, 2.05) is 38.7 Å². The molecule has 4 rings (SSSR count). The van der Waals surface area contributed by atoms with Crippen LogP contribution in [0.15, 0.2) is 18.3 Å². The molecule has 30 heavy (non-hydrogen) atoms. The Morgan fingerprint density at radius 1 is 1.10 bits per heavy atom. The highest BCUT2D eigenvalue weighted by Crippen LogP contribution is 2.31. The van der Waals surface area contributed by atoms with Gasteiger partial charge in [0.2, 0.25) is 0 Å². The third kappa shape index (κ3) is 4.18. The van der Waals surface area contributed by atoms with E-state index >= 15 is 0 Å². The van der Waals surface area contributed by atoms with Crippen LogP contribution in [0.25, 0.3) is 0 Å². The van der Waals surface area contributed by atoms with Crippen molar-refractivity contribution in [3.63, 3.8) is 0 Å². The number of carbonyl (C=O) groups excluding carboxylic acids is 1. The highest BCUT2D eigenvalue weighted by Gasteiger charge is 2.30. The van der Waals surface area contributed by atoms with E-state index in [2.05, 4.69) is 33.3 Å². The normalized spacial score (nSPS) is 16.2. The number of nitrogens with one attached hydrogen (secondary N) is 1. The Hall–Kier alpha value is -2.87. The smallest absolute Gasteiger partial charge is 0.257 e. The minimum atomic E-state index is -0.00487. The number of pyridine rings is 1. The first-order chi connectivity index (χ1) is 14.3. The van der Waals surface area contributed by atoms with Crippen LogP contribution in [0.4, 0.5) is 10.8 Å². The molecule has 0 aliphatic carbocycles. The van der Waals surface area contributed by atoms with E-state index in [0.717, 1.165) is 40.0 Å². The van der Waals surface area contributed by atoms with Gasteiger partial charge in [0.15, 0.2) is 5.13 Å². The second-order valence-corrected chi connectivity index (χ2v) is 9.06. The first-order valence-corrected chi connectivity index (χ1v) is 10.9. The van der Waals surface area contributed by atoms with Gasteiger partial charge in [0.25, 0.3) is 5.91 Å². The molecule has 1 aliphatic heterocycles. The van der Waals surface area contributed by atoms with Gasteiger partial charge in [0, 0.05) is 47.2 Å². The second kappa shape index (κ2) is 8.10. The van der Waals surface area contributed by atoms with Crippen LogP contribution >= 0.6 is 11.3 Å². The summed E-state index contributed by atoms with van der Waals surface area (Å²) in [5, 5.41) is 4.30. The molecule has 8 heteroatoms. The van der Waals surface area contributed by atoms with Gasteiger partial charge in [-0.2, -0.15) is 0 Å². The van der Waals surface area contributed by atoms with Gasteiger partial charge >= 0.3 is 0 Å². The molecule has 1 amide bonds. The zero-order chi connectivity index (χ0) is 21.4. The fraction of sp³-hybridized carbons (Fsp3) is 0.409. The van der Waals surface area contributed by atoms with E-state index in [1.54, 1.807) is 17.5 Å². The standard InChI is InChI=1S/C22H26N6OS/c1-12-8-18(27-22-26-13(2)15(4)30-22)9-20(24-12)17-6-7-28(11-17)21(29)19-10-23-16(5)25-14(19)3/h8-10,17H,6-7,11H2,1-5H3,(H,24,26,27)/t17-/m0/s1. The summed E-state index contributed by atoms with van der Waals surface area (Å²) in [6.45, 7) is 11.1. The van der Waals surface area contributed by atoms with E-state index in [4.69, 9.17) is 4.98 Å². The summed E-state index contributed by atoms with van der Waals surface area (Å²) in [6.07, 6.45) is 2.53. The second-order valence-electron chi connectivity index (χ2n) is 7.86. The predicted octanol–water partition coefficient (Wildman–Crippen LogP) is 4.24. The van der Waals surface area contributed by atoms with Crippen molar-refractivity contribution in [2.45, 2.75) is 47.0 Å². The van der Waals surface area contributed by atoms with E-state index in [0.29, 0.717) is 24.5 Å². The molecule has 3 aromatic rings. The molecule has 1 saturated heterocycles. The zero-order valence-electron chi connectivity index (χ0n) is 18.0. The van der Waals surface area contributed by atoms with Gasteiger partial charge in [-0.15, -0.1) is 11.3 Å². The fourth-order valence-electron chi connectivity index (χ4n) is 3.77. The number of hydrogen-bond acceptors (Lipinski definition) is 7. The highest BCUT2D eigenvalue weighted by atomic mass is 32.1. The third-order valence-corrected chi connectivity index (χ3v) is 6.47. The van der Waals surface area contributed by atoms with Gasteiger partial charge in [-0.25, -0.2) is 15.0 Å². The van der Waals surface area contributed by atoms with E-state index in [-0.39, 0.29) is 11.8 Å². The maximum Gasteiger partial charge on any atom is 0.257 e. The van der Waals surface area contributed by atoms with Crippen LogP contribution in [0.1, 0.15) is 56.2 Å². The first kappa shape index (κ1) is 20.4. The van der Waals surface area contributed by atoms with Crippen LogP contribution < -0.4 is 5.32 Å². The Labute approximate surface area is 180 Å². The average Bonchev–Trinajstić information content (AvgIpc) is 3.28. The van der Waals surface area contributed by atoms with E-state index < -0.39 is 0 Å².